The molecule has 8 heteroatoms. The van der Waals surface area contributed by atoms with Crippen LogP contribution in [0.4, 0.5) is 0 Å². The van der Waals surface area contributed by atoms with E-state index in [0.717, 1.165) is 4.57 Å². The van der Waals surface area contributed by atoms with Crippen LogP contribution in [0.5, 0.6) is 0 Å². The predicted molar refractivity (Wildman–Crippen MR) is 70.5 cm³/mol. The van der Waals surface area contributed by atoms with Gasteiger partial charge in [-0.2, -0.15) is 0 Å². The van der Waals surface area contributed by atoms with E-state index in [1.54, 1.807) is 18.7 Å². The van der Waals surface area contributed by atoms with Gasteiger partial charge >= 0.3 is 5.69 Å². The van der Waals surface area contributed by atoms with Gasteiger partial charge in [-0.15, -0.1) is 23.2 Å². The number of imidazole rings is 1. The van der Waals surface area contributed by atoms with E-state index in [1.807, 2.05) is 0 Å². The smallest absolute Gasteiger partial charge is 0.324 e. The fourth-order valence-corrected chi connectivity index (χ4v) is 2.22. The summed E-state index contributed by atoms with van der Waals surface area (Å²) in [6.07, 6.45) is 0. The van der Waals surface area contributed by atoms with Crippen LogP contribution in [-0.2, 0) is 21.1 Å². The quantitative estimate of drug-likeness (QED) is 0.757. The Balaban J connectivity index is 2.98. The second-order valence-electron chi connectivity index (χ2n) is 4.03. The van der Waals surface area contributed by atoms with Crippen molar-refractivity contribution in [3.8, 4) is 0 Å². The molecule has 1 unspecified atom stereocenters. The number of hydrogen-bond donors (Lipinski definition) is 0. The van der Waals surface area contributed by atoms with Crippen LogP contribution in [-0.4, -0.2) is 24.6 Å². The lowest BCUT2D eigenvalue weighted by atomic mass is 10.4. The Morgan fingerprint density at radius 2 is 1.78 bits per heavy atom. The third-order valence-corrected chi connectivity index (χ3v) is 3.74. The number of aromatic nitrogens is 4. The Morgan fingerprint density at radius 1 is 1.17 bits per heavy atom. The number of aryl methyl sites for hydroxylation is 2. The highest BCUT2D eigenvalue weighted by Gasteiger charge is 2.20. The van der Waals surface area contributed by atoms with E-state index in [9.17, 15) is 9.59 Å². The first-order valence-electron chi connectivity index (χ1n) is 5.22. The lowest BCUT2D eigenvalue weighted by molar-refractivity contribution is 0.705. The molecule has 2 rings (SSSR count). The molecule has 2 aromatic rings. The van der Waals surface area contributed by atoms with E-state index in [4.69, 9.17) is 23.2 Å². The standard InChI is InChI=1S/C10H12Cl2N4O2/c1-14-6-8(13-7(14)5(12)4-11)15(2)10(18)16(3)9(6)17/h5H,4H2,1-3H3. The Bertz CT molecular complexity index is 728. The Kier molecular flexibility index (Phi) is 3.25. The first-order chi connectivity index (χ1) is 8.40. The molecule has 2 heterocycles. The van der Waals surface area contributed by atoms with E-state index in [-0.39, 0.29) is 5.88 Å². The van der Waals surface area contributed by atoms with Crippen LogP contribution in [0.1, 0.15) is 11.2 Å². The summed E-state index contributed by atoms with van der Waals surface area (Å²) < 4.78 is 3.94. The van der Waals surface area contributed by atoms with Crippen molar-refractivity contribution in [3.05, 3.63) is 26.7 Å². The average Bonchev–Trinajstić information content (AvgIpc) is 2.71. The zero-order chi connectivity index (χ0) is 13.6. The summed E-state index contributed by atoms with van der Waals surface area (Å²) in [6.45, 7) is 0. The monoisotopic (exact) mass is 290 g/mol. The molecule has 18 heavy (non-hydrogen) atoms. The molecule has 0 bridgehead atoms. The van der Waals surface area contributed by atoms with Crippen LogP contribution in [0.2, 0.25) is 0 Å². The fourth-order valence-electron chi connectivity index (χ4n) is 1.88. The maximum atomic E-state index is 12.1. The number of fused-ring (bicyclic) bond motifs is 1. The van der Waals surface area contributed by atoms with Crippen molar-refractivity contribution >= 4 is 34.4 Å². The molecule has 0 fully saturated rings. The van der Waals surface area contributed by atoms with Crippen LogP contribution >= 0.6 is 23.2 Å². The van der Waals surface area contributed by atoms with Crippen molar-refractivity contribution in [2.45, 2.75) is 5.38 Å². The van der Waals surface area contributed by atoms with Crippen molar-refractivity contribution in [2.75, 3.05) is 5.88 Å². The molecular formula is C10H12Cl2N4O2. The van der Waals surface area contributed by atoms with Gasteiger partial charge in [0.2, 0.25) is 0 Å². The van der Waals surface area contributed by atoms with Gasteiger partial charge in [0.05, 0.1) is 0 Å². The first-order valence-corrected chi connectivity index (χ1v) is 6.19. The second kappa shape index (κ2) is 4.44. The van der Waals surface area contributed by atoms with Gasteiger partial charge in [-0.25, -0.2) is 9.78 Å². The van der Waals surface area contributed by atoms with Crippen molar-refractivity contribution in [3.63, 3.8) is 0 Å². The normalized spacial score (nSPS) is 13.2. The highest BCUT2D eigenvalue weighted by atomic mass is 35.5. The number of rotatable bonds is 2. The van der Waals surface area contributed by atoms with Crippen LogP contribution in [0.3, 0.4) is 0 Å². The molecule has 0 radical (unpaired) electrons. The van der Waals surface area contributed by atoms with Gasteiger partial charge < -0.3 is 4.57 Å². The molecule has 0 aromatic carbocycles. The zero-order valence-electron chi connectivity index (χ0n) is 10.1. The molecule has 0 amide bonds. The Labute approximate surface area is 112 Å². The summed E-state index contributed by atoms with van der Waals surface area (Å²) >= 11 is 11.7. The lowest BCUT2D eigenvalue weighted by Gasteiger charge is -2.05. The van der Waals surface area contributed by atoms with E-state index in [1.165, 1.54) is 11.6 Å². The SMILES string of the molecule is Cn1c(=O)c2c(nc(C(Cl)CCl)n2C)n(C)c1=O. The summed E-state index contributed by atoms with van der Waals surface area (Å²) in [7, 11) is 4.67. The van der Waals surface area contributed by atoms with Crippen LogP contribution in [0.15, 0.2) is 9.59 Å². The molecule has 0 aliphatic carbocycles. The molecule has 0 N–H and O–H groups in total. The minimum atomic E-state index is -0.510. The van der Waals surface area contributed by atoms with Gasteiger partial charge in [-0.1, -0.05) is 0 Å². The fraction of sp³-hybridized carbons (Fsp3) is 0.500. The van der Waals surface area contributed by atoms with Crippen molar-refractivity contribution in [1.82, 2.24) is 18.7 Å². The molecule has 0 aliphatic heterocycles. The minimum absolute atomic E-state index is 0.174. The Hall–Kier alpha value is -1.27. The second-order valence-corrected chi connectivity index (χ2v) is 4.86. The largest absolute Gasteiger partial charge is 0.332 e. The van der Waals surface area contributed by atoms with Crippen LogP contribution in [0.25, 0.3) is 11.2 Å². The van der Waals surface area contributed by atoms with Gasteiger partial charge in [0.25, 0.3) is 5.56 Å². The number of alkyl halides is 2. The van der Waals surface area contributed by atoms with Gasteiger partial charge in [0, 0.05) is 27.0 Å². The van der Waals surface area contributed by atoms with Crippen LogP contribution in [0, 0.1) is 0 Å². The van der Waals surface area contributed by atoms with E-state index >= 15 is 0 Å². The molecule has 2 aromatic heterocycles. The highest BCUT2D eigenvalue weighted by molar-refractivity contribution is 6.28. The number of nitrogens with zero attached hydrogens (tertiary/aromatic N) is 4. The lowest BCUT2D eigenvalue weighted by Crippen LogP contribution is -2.37. The summed E-state index contributed by atoms with van der Waals surface area (Å²) in [4.78, 5) is 28.1. The molecular weight excluding hydrogens is 279 g/mol. The van der Waals surface area contributed by atoms with E-state index < -0.39 is 16.6 Å². The van der Waals surface area contributed by atoms with Crippen molar-refractivity contribution in [1.29, 1.82) is 0 Å². The summed E-state index contributed by atoms with van der Waals surface area (Å²) in [6, 6.07) is 0. The Morgan fingerprint density at radius 3 is 2.33 bits per heavy atom. The molecule has 6 nitrogen and oxygen atoms in total. The van der Waals surface area contributed by atoms with E-state index in [0.29, 0.717) is 17.0 Å². The highest BCUT2D eigenvalue weighted by Crippen LogP contribution is 2.22. The third kappa shape index (κ3) is 1.67. The molecule has 0 spiro atoms. The maximum absolute atomic E-state index is 12.1. The van der Waals surface area contributed by atoms with Gasteiger partial charge in [0.1, 0.15) is 11.2 Å². The summed E-state index contributed by atoms with van der Waals surface area (Å²) in [5.41, 5.74) is -0.163. The molecule has 98 valence electrons. The molecule has 0 saturated heterocycles. The van der Waals surface area contributed by atoms with Gasteiger partial charge in [-0.05, 0) is 0 Å². The topological polar surface area (TPSA) is 61.8 Å². The summed E-state index contributed by atoms with van der Waals surface area (Å²) in [5, 5.41) is -0.510. The zero-order valence-corrected chi connectivity index (χ0v) is 11.7. The number of halogens is 2. The third-order valence-electron chi connectivity index (χ3n) is 2.93. The van der Waals surface area contributed by atoms with Crippen LogP contribution < -0.4 is 11.2 Å². The number of hydrogen-bond acceptors (Lipinski definition) is 3. The average molecular weight is 291 g/mol. The minimum Gasteiger partial charge on any atom is -0.324 e. The molecule has 0 saturated carbocycles. The molecule has 1 atom stereocenters. The predicted octanol–water partition coefficient (Wildman–Crippen LogP) is 0.489. The molecule has 0 aliphatic rings. The van der Waals surface area contributed by atoms with Gasteiger partial charge in [0.15, 0.2) is 11.2 Å². The van der Waals surface area contributed by atoms with Gasteiger partial charge in [-0.3, -0.25) is 13.9 Å². The maximum Gasteiger partial charge on any atom is 0.332 e. The summed E-state index contributed by atoms with van der Waals surface area (Å²) in [5.74, 6) is 0.646. The van der Waals surface area contributed by atoms with Crippen molar-refractivity contribution in [2.24, 2.45) is 21.1 Å². The van der Waals surface area contributed by atoms with Crippen molar-refractivity contribution < 1.29 is 0 Å². The first kappa shape index (κ1) is 13.2. The van der Waals surface area contributed by atoms with E-state index in [2.05, 4.69) is 4.98 Å².